The van der Waals surface area contributed by atoms with Crippen molar-refractivity contribution in [3.05, 3.63) is 51.9 Å². The van der Waals surface area contributed by atoms with Crippen LogP contribution in [0.2, 0.25) is 0 Å². The van der Waals surface area contributed by atoms with Gasteiger partial charge in [0.2, 0.25) is 0 Å². The van der Waals surface area contributed by atoms with Crippen LogP contribution in [0.25, 0.3) is 0 Å². The first-order chi connectivity index (χ1) is 10.0. The zero-order valence-electron chi connectivity index (χ0n) is 12.4. The van der Waals surface area contributed by atoms with Crippen LogP contribution in [0, 0.1) is 5.92 Å². The van der Waals surface area contributed by atoms with E-state index >= 15 is 0 Å². The predicted molar refractivity (Wildman–Crippen MR) is 89.1 cm³/mol. The third-order valence-electron chi connectivity index (χ3n) is 4.05. The predicted octanol–water partition coefficient (Wildman–Crippen LogP) is 4.10. The second-order valence-corrected chi connectivity index (χ2v) is 7.03. The van der Waals surface area contributed by atoms with Crippen molar-refractivity contribution in [2.45, 2.75) is 38.5 Å². The topological polar surface area (TPSA) is 51.8 Å². The fraction of sp³-hybridized carbons (Fsp3) is 0.412. The maximum absolute atomic E-state index is 6.10. The van der Waals surface area contributed by atoms with Crippen LogP contribution in [0.4, 0.5) is 5.82 Å². The number of hydrogen-bond donors (Lipinski definition) is 1. The Morgan fingerprint density at radius 3 is 2.43 bits per heavy atom. The van der Waals surface area contributed by atoms with Crippen molar-refractivity contribution >= 4 is 21.7 Å². The fourth-order valence-corrected chi connectivity index (χ4v) is 3.11. The van der Waals surface area contributed by atoms with E-state index in [9.17, 15) is 0 Å². The zero-order chi connectivity index (χ0) is 15.0. The Balaban J connectivity index is 2.05. The van der Waals surface area contributed by atoms with Gasteiger partial charge in [0, 0.05) is 0 Å². The first-order valence-electron chi connectivity index (χ1n) is 7.41. The maximum atomic E-state index is 6.10. The summed E-state index contributed by atoms with van der Waals surface area (Å²) in [4.78, 5) is 9.42. The van der Waals surface area contributed by atoms with E-state index in [1.165, 1.54) is 5.56 Å². The Hall–Kier alpha value is -1.42. The molecule has 0 radical (unpaired) electrons. The van der Waals surface area contributed by atoms with Gasteiger partial charge in [0.25, 0.3) is 0 Å². The Morgan fingerprint density at radius 2 is 1.86 bits per heavy atom. The van der Waals surface area contributed by atoms with Crippen molar-refractivity contribution < 1.29 is 0 Å². The summed E-state index contributed by atoms with van der Waals surface area (Å²) in [6, 6.07) is 10.5. The molecule has 0 saturated heterocycles. The molecule has 1 fully saturated rings. The molecule has 3 rings (SSSR count). The van der Waals surface area contributed by atoms with E-state index < -0.39 is 0 Å². The fourth-order valence-electron chi connectivity index (χ4n) is 2.77. The van der Waals surface area contributed by atoms with Gasteiger partial charge < -0.3 is 5.73 Å². The standard InChI is InChI=1S/C17H20BrN3/c1-11(2)10-13-14(18)15(19)21-16(20-13)17(8-9-17)12-6-4-3-5-7-12/h3-7,11H,8-10H2,1-2H3,(H2,19,20,21). The highest BCUT2D eigenvalue weighted by Gasteiger charge is 2.49. The van der Waals surface area contributed by atoms with E-state index in [4.69, 9.17) is 10.7 Å². The molecule has 1 aliphatic carbocycles. The van der Waals surface area contributed by atoms with Gasteiger partial charge in [0.05, 0.1) is 15.6 Å². The number of rotatable bonds is 4. The van der Waals surface area contributed by atoms with Gasteiger partial charge in [-0.1, -0.05) is 44.2 Å². The maximum Gasteiger partial charge on any atom is 0.141 e. The zero-order valence-corrected chi connectivity index (χ0v) is 14.0. The van der Waals surface area contributed by atoms with Crippen LogP contribution in [0.5, 0.6) is 0 Å². The molecule has 0 bridgehead atoms. The minimum atomic E-state index is -0.0260. The molecule has 1 aromatic carbocycles. The molecule has 3 nitrogen and oxygen atoms in total. The van der Waals surface area contributed by atoms with Crippen molar-refractivity contribution in [1.82, 2.24) is 9.97 Å². The largest absolute Gasteiger partial charge is 0.383 e. The van der Waals surface area contributed by atoms with E-state index in [1.807, 2.05) is 6.07 Å². The molecule has 1 heterocycles. The average Bonchev–Trinajstić information content (AvgIpc) is 3.26. The third-order valence-corrected chi connectivity index (χ3v) is 4.92. The van der Waals surface area contributed by atoms with Crippen molar-refractivity contribution in [3.63, 3.8) is 0 Å². The number of nitrogens with zero attached hydrogens (tertiary/aromatic N) is 2. The van der Waals surface area contributed by atoms with Gasteiger partial charge in [-0.05, 0) is 46.7 Å². The highest BCUT2D eigenvalue weighted by molar-refractivity contribution is 9.10. The summed E-state index contributed by atoms with van der Waals surface area (Å²) in [5.41, 5.74) is 8.39. The van der Waals surface area contributed by atoms with Crippen LogP contribution >= 0.6 is 15.9 Å². The van der Waals surface area contributed by atoms with Crippen LogP contribution in [0.1, 0.15) is 43.8 Å². The number of nitrogens with two attached hydrogens (primary N) is 1. The lowest BCUT2D eigenvalue weighted by molar-refractivity contribution is 0.622. The highest BCUT2D eigenvalue weighted by Crippen LogP contribution is 2.52. The molecule has 1 saturated carbocycles. The molecule has 2 aromatic rings. The Labute approximate surface area is 134 Å². The molecule has 1 aliphatic rings. The smallest absolute Gasteiger partial charge is 0.141 e. The molecular formula is C17H20BrN3. The minimum Gasteiger partial charge on any atom is -0.383 e. The van der Waals surface area contributed by atoms with Crippen LogP contribution in [-0.4, -0.2) is 9.97 Å². The van der Waals surface area contributed by atoms with Gasteiger partial charge in [0.1, 0.15) is 11.6 Å². The summed E-state index contributed by atoms with van der Waals surface area (Å²) >= 11 is 3.54. The number of nitrogen functional groups attached to an aromatic ring is 1. The molecule has 1 aromatic heterocycles. The Kier molecular flexibility index (Phi) is 3.74. The van der Waals surface area contributed by atoms with Gasteiger partial charge >= 0.3 is 0 Å². The number of halogens is 1. The van der Waals surface area contributed by atoms with E-state index in [2.05, 4.69) is 59.0 Å². The molecule has 0 amide bonds. The van der Waals surface area contributed by atoms with Gasteiger partial charge in [-0.2, -0.15) is 0 Å². The van der Waals surface area contributed by atoms with Crippen molar-refractivity contribution in [2.75, 3.05) is 5.73 Å². The molecule has 21 heavy (non-hydrogen) atoms. The average molecular weight is 346 g/mol. The van der Waals surface area contributed by atoms with Gasteiger partial charge in [-0.3, -0.25) is 0 Å². The Bertz CT molecular complexity index is 649. The summed E-state index contributed by atoms with van der Waals surface area (Å²) in [7, 11) is 0. The lowest BCUT2D eigenvalue weighted by Gasteiger charge is -2.17. The lowest BCUT2D eigenvalue weighted by Crippen LogP contribution is -2.17. The summed E-state index contributed by atoms with van der Waals surface area (Å²) in [6.45, 7) is 4.38. The van der Waals surface area contributed by atoms with Crippen molar-refractivity contribution in [2.24, 2.45) is 5.92 Å². The van der Waals surface area contributed by atoms with Crippen LogP contribution in [-0.2, 0) is 11.8 Å². The number of hydrogen-bond acceptors (Lipinski definition) is 3. The monoisotopic (exact) mass is 345 g/mol. The summed E-state index contributed by atoms with van der Waals surface area (Å²) < 4.78 is 0.851. The second kappa shape index (κ2) is 5.41. The quantitative estimate of drug-likeness (QED) is 0.907. The van der Waals surface area contributed by atoms with E-state index in [1.54, 1.807) is 0 Å². The van der Waals surface area contributed by atoms with Crippen molar-refractivity contribution in [1.29, 1.82) is 0 Å². The van der Waals surface area contributed by atoms with E-state index in [0.29, 0.717) is 11.7 Å². The SMILES string of the molecule is CC(C)Cc1nc(C2(c3ccccc3)CC2)nc(N)c1Br. The van der Waals surface area contributed by atoms with Crippen LogP contribution in [0.15, 0.2) is 34.8 Å². The second-order valence-electron chi connectivity index (χ2n) is 6.24. The molecule has 0 unspecified atom stereocenters. The Morgan fingerprint density at radius 1 is 1.19 bits per heavy atom. The first-order valence-corrected chi connectivity index (χ1v) is 8.20. The molecule has 0 atom stereocenters. The summed E-state index contributed by atoms with van der Waals surface area (Å²) in [6.07, 6.45) is 3.10. The molecule has 0 aliphatic heterocycles. The third kappa shape index (κ3) is 2.69. The molecule has 110 valence electrons. The number of anilines is 1. The molecule has 0 spiro atoms. The van der Waals surface area contributed by atoms with E-state index in [-0.39, 0.29) is 5.41 Å². The van der Waals surface area contributed by atoms with Gasteiger partial charge in [-0.25, -0.2) is 9.97 Å². The molecule has 2 N–H and O–H groups in total. The van der Waals surface area contributed by atoms with Crippen molar-refractivity contribution in [3.8, 4) is 0 Å². The lowest BCUT2D eigenvalue weighted by atomic mass is 9.94. The summed E-state index contributed by atoms with van der Waals surface area (Å²) in [5, 5.41) is 0. The number of aromatic nitrogens is 2. The number of benzene rings is 1. The normalized spacial score (nSPS) is 16.2. The molecule has 4 heteroatoms. The first kappa shape index (κ1) is 14.5. The molecular weight excluding hydrogens is 326 g/mol. The van der Waals surface area contributed by atoms with Crippen LogP contribution < -0.4 is 5.73 Å². The summed E-state index contributed by atoms with van der Waals surface area (Å²) in [5.74, 6) is 1.97. The van der Waals surface area contributed by atoms with Gasteiger partial charge in [-0.15, -0.1) is 0 Å². The van der Waals surface area contributed by atoms with Gasteiger partial charge in [0.15, 0.2) is 0 Å². The van der Waals surface area contributed by atoms with Crippen LogP contribution in [0.3, 0.4) is 0 Å². The highest BCUT2D eigenvalue weighted by atomic mass is 79.9. The minimum absolute atomic E-state index is 0.0260. The van der Waals surface area contributed by atoms with E-state index in [0.717, 1.165) is 35.3 Å².